The molecule has 9 rings (SSSR count). The molecule has 7 amide bonds. The zero-order valence-corrected chi connectivity index (χ0v) is 42.3. The van der Waals surface area contributed by atoms with E-state index in [0.717, 1.165) is 12.0 Å². The fourth-order valence-corrected chi connectivity index (χ4v) is 10.1. The number of anilines is 5. The summed E-state index contributed by atoms with van der Waals surface area (Å²) in [6, 6.07) is 4.67. The van der Waals surface area contributed by atoms with Crippen LogP contribution in [0.15, 0.2) is 89.3 Å². The lowest BCUT2D eigenvalue weighted by Gasteiger charge is -2.29. The SMILES string of the molecule is COC(=O)C1=C(C)CC2=C1[C@@]13C[C@@H]1CN(C(=O)C=Cc1cc(NC(=O)c4nc(NC(=O)CCCNC(=O)c5cc(NC(=O)c6cc(NC(=O)c7nc(NC(C)=O)cn7C)cn6C)cn5C)cn4C)cn1C)C3=CC2=O. The minimum atomic E-state index is -0.556. The van der Waals surface area contributed by atoms with E-state index < -0.39 is 40.9 Å². The first-order chi connectivity index (χ1) is 35.6. The van der Waals surface area contributed by atoms with Crippen molar-refractivity contribution < 1.29 is 47.9 Å². The minimum Gasteiger partial charge on any atom is -0.465 e. The molecule has 2 atom stereocenters. The predicted molar refractivity (Wildman–Crippen MR) is 272 cm³/mol. The Hall–Kier alpha value is -9.35. The highest BCUT2D eigenvalue weighted by Gasteiger charge is 2.69. The second-order valence-corrected chi connectivity index (χ2v) is 19.0. The molecule has 24 heteroatoms. The van der Waals surface area contributed by atoms with Crippen LogP contribution in [-0.2, 0) is 63.9 Å². The molecule has 0 bridgehead atoms. The van der Waals surface area contributed by atoms with Crippen LogP contribution >= 0.6 is 0 Å². The Morgan fingerprint density at radius 3 is 1.92 bits per heavy atom. The van der Waals surface area contributed by atoms with Crippen molar-refractivity contribution in [3.63, 3.8) is 0 Å². The van der Waals surface area contributed by atoms with Gasteiger partial charge in [-0.25, -0.2) is 14.8 Å². The van der Waals surface area contributed by atoms with Crippen LogP contribution in [0.2, 0.25) is 0 Å². The largest absolute Gasteiger partial charge is 0.465 e. The first-order valence-electron chi connectivity index (χ1n) is 23.8. The van der Waals surface area contributed by atoms with Gasteiger partial charge in [-0.1, -0.05) is 5.57 Å². The minimum absolute atomic E-state index is 0.0168. The number of likely N-dealkylation sites (tertiary alicyclic amines) is 1. The lowest BCUT2D eigenvalue weighted by molar-refractivity contribution is -0.136. The molecule has 4 aliphatic rings. The van der Waals surface area contributed by atoms with E-state index in [1.807, 2.05) is 6.92 Å². The van der Waals surface area contributed by atoms with Crippen LogP contribution in [0.4, 0.5) is 28.7 Å². The second kappa shape index (κ2) is 19.6. The molecule has 1 saturated heterocycles. The van der Waals surface area contributed by atoms with E-state index in [0.29, 0.717) is 58.1 Å². The lowest BCUT2D eigenvalue weighted by atomic mass is 9.80. The second-order valence-electron chi connectivity index (χ2n) is 19.0. The average Bonchev–Trinajstić information content (AvgIpc) is 4.22. The third-order valence-corrected chi connectivity index (χ3v) is 13.6. The van der Waals surface area contributed by atoms with Crippen LogP contribution in [0.25, 0.3) is 6.08 Å². The van der Waals surface area contributed by atoms with E-state index in [2.05, 4.69) is 41.9 Å². The van der Waals surface area contributed by atoms with E-state index in [1.165, 1.54) is 58.3 Å². The Labute approximate surface area is 428 Å². The molecule has 6 N–H and O–H groups in total. The van der Waals surface area contributed by atoms with Gasteiger partial charge < -0.3 is 64.4 Å². The fraction of sp³-hybridized carbons (Fsp3) is 0.314. The van der Waals surface area contributed by atoms with Gasteiger partial charge in [0.1, 0.15) is 11.4 Å². The topological polar surface area (TPSA) is 289 Å². The number of carbonyl (C=O) groups excluding carboxylic acids is 9. The number of rotatable bonds is 16. The number of aromatic nitrogens is 7. The van der Waals surface area contributed by atoms with Crippen molar-refractivity contribution in [3.8, 4) is 0 Å². The molecule has 5 aromatic heterocycles. The summed E-state index contributed by atoms with van der Waals surface area (Å²) in [5.41, 5.74) is 4.78. The van der Waals surface area contributed by atoms with Gasteiger partial charge in [0.25, 0.3) is 29.5 Å². The van der Waals surface area contributed by atoms with Gasteiger partial charge in [0, 0.05) is 127 Å². The molecule has 1 aliphatic heterocycles. The maximum Gasteiger partial charge on any atom is 0.338 e. The zero-order chi connectivity index (χ0) is 53.8. The number of allylic oxidation sites excluding steroid dienone is 4. The summed E-state index contributed by atoms with van der Waals surface area (Å²) < 4.78 is 12.8. The van der Waals surface area contributed by atoms with Crippen LogP contribution in [0.3, 0.4) is 0 Å². The lowest BCUT2D eigenvalue weighted by Crippen LogP contribution is -2.32. The molecule has 3 aliphatic carbocycles. The van der Waals surface area contributed by atoms with Gasteiger partial charge in [0.2, 0.25) is 23.5 Å². The van der Waals surface area contributed by atoms with Crippen LogP contribution in [0.1, 0.15) is 87.4 Å². The molecule has 5 aromatic rings. The van der Waals surface area contributed by atoms with E-state index in [9.17, 15) is 43.2 Å². The van der Waals surface area contributed by atoms with Gasteiger partial charge in [-0.05, 0) is 62.0 Å². The maximum absolute atomic E-state index is 13.7. The van der Waals surface area contributed by atoms with Crippen LogP contribution in [-0.4, -0.2) is 111 Å². The number of piperidine rings is 1. The molecule has 0 aromatic carbocycles. The number of ketones is 1. The Kier molecular flexibility index (Phi) is 13.2. The molecule has 388 valence electrons. The molecule has 0 radical (unpaired) electrons. The number of aryl methyl sites for hydroxylation is 5. The van der Waals surface area contributed by atoms with Gasteiger partial charge in [-0.3, -0.25) is 38.4 Å². The summed E-state index contributed by atoms with van der Waals surface area (Å²) in [6.07, 6.45) is 13.8. The number of nitrogens with zero attached hydrogens (tertiary/aromatic N) is 8. The molecular weight excluding hydrogens is 969 g/mol. The van der Waals surface area contributed by atoms with Crippen molar-refractivity contribution in [1.29, 1.82) is 0 Å². The summed E-state index contributed by atoms with van der Waals surface area (Å²) in [6.45, 7) is 3.73. The van der Waals surface area contributed by atoms with Gasteiger partial charge in [0.05, 0.1) is 29.7 Å². The number of nitrogens with one attached hydrogen (secondary N) is 6. The molecule has 2 fully saturated rings. The quantitative estimate of drug-likeness (QED) is 0.0470. The summed E-state index contributed by atoms with van der Waals surface area (Å²) in [4.78, 5) is 127. The van der Waals surface area contributed by atoms with Gasteiger partial charge >= 0.3 is 5.97 Å². The number of ether oxygens (including phenoxy) is 1. The third kappa shape index (κ3) is 9.71. The number of esters is 1. The number of methoxy groups -OCH3 is 1. The van der Waals surface area contributed by atoms with Gasteiger partial charge in [0.15, 0.2) is 17.4 Å². The number of hydrogen-bond acceptors (Lipinski definition) is 12. The number of amides is 7. The summed E-state index contributed by atoms with van der Waals surface area (Å²) in [7, 11) is 9.56. The van der Waals surface area contributed by atoms with E-state index in [4.69, 9.17) is 4.74 Å². The highest BCUT2D eigenvalue weighted by molar-refractivity contribution is 6.13. The molecule has 1 spiro atoms. The molecule has 75 heavy (non-hydrogen) atoms. The predicted octanol–water partition coefficient (Wildman–Crippen LogP) is 3.55. The monoisotopic (exact) mass is 1020 g/mol. The number of hydrogen-bond donors (Lipinski definition) is 6. The molecule has 0 unspecified atom stereocenters. The van der Waals surface area contributed by atoms with Gasteiger partial charge in [-0.2, -0.15) is 0 Å². The molecule has 1 saturated carbocycles. The van der Waals surface area contributed by atoms with Crippen molar-refractivity contribution in [3.05, 3.63) is 118 Å². The Balaban J connectivity index is 0.722. The maximum atomic E-state index is 13.7. The molecule has 24 nitrogen and oxygen atoms in total. The van der Waals surface area contributed by atoms with Crippen molar-refractivity contribution in [2.75, 3.05) is 46.8 Å². The van der Waals surface area contributed by atoms with Crippen molar-refractivity contribution in [1.82, 2.24) is 43.0 Å². The van der Waals surface area contributed by atoms with Crippen LogP contribution in [0.5, 0.6) is 0 Å². The van der Waals surface area contributed by atoms with Gasteiger partial charge in [-0.15, -0.1) is 0 Å². The Morgan fingerprint density at radius 1 is 0.733 bits per heavy atom. The standard InChI is InChI=1S/C51H54N14O10/c1-26-14-33-36(67)18-37-51(43(33)42(26)50(74)75-8)19-28(51)20-65(37)41(69)12-11-32-15-29(21-60(32)3)55-48(72)45-59-39(25-64(45)7)57-40(68)10-9-13-52-46(70)34-16-30(22-61(34)4)54-47(71)35-17-31(23-62(35)5)56-49(73)44-58-38(24-63(44)6)53-27(2)66/h11-12,15-18,21-25,28H,9-10,13-14,19-20H2,1-8H3,(H,52,70)(H,53,66)(H,54,71)(H,55,72)(H,56,73)(H,57,68)/t28-,51+/m1/s1. The fourth-order valence-electron chi connectivity index (χ4n) is 10.1. The first kappa shape index (κ1) is 50.6. The molecule has 6 heterocycles. The summed E-state index contributed by atoms with van der Waals surface area (Å²) >= 11 is 0. The van der Waals surface area contributed by atoms with Crippen LogP contribution in [0, 0.1) is 11.3 Å². The van der Waals surface area contributed by atoms with Crippen molar-refractivity contribution in [2.45, 2.75) is 39.5 Å². The Morgan fingerprint density at radius 2 is 1.31 bits per heavy atom. The van der Waals surface area contributed by atoms with Crippen molar-refractivity contribution in [2.24, 2.45) is 46.6 Å². The molecular formula is C51H54N14O10. The van der Waals surface area contributed by atoms with E-state index in [1.54, 1.807) is 86.1 Å². The number of carbonyl (C=O) groups is 9. The summed E-state index contributed by atoms with van der Waals surface area (Å²) in [5, 5.41) is 16.2. The van der Waals surface area contributed by atoms with Crippen molar-refractivity contribution >= 4 is 87.9 Å². The average molecular weight is 1020 g/mol. The highest BCUT2D eigenvalue weighted by atomic mass is 16.5. The summed E-state index contributed by atoms with van der Waals surface area (Å²) in [5.74, 6) is -3.26. The first-order valence-corrected chi connectivity index (χ1v) is 23.8. The van der Waals surface area contributed by atoms with Crippen LogP contribution < -0.4 is 31.9 Å². The zero-order valence-electron chi connectivity index (χ0n) is 42.3. The van der Waals surface area contributed by atoms with E-state index >= 15 is 0 Å². The Bertz CT molecular complexity index is 3460. The van der Waals surface area contributed by atoms with E-state index in [-0.39, 0.29) is 77.6 Å². The third-order valence-electron chi connectivity index (χ3n) is 13.6. The smallest absolute Gasteiger partial charge is 0.338 e. The highest BCUT2D eigenvalue weighted by Crippen LogP contribution is 2.72. The normalized spacial score (nSPS) is 17.3. The number of imidazole rings is 2.